The smallest absolute Gasteiger partial charge is 0.324 e. The Morgan fingerprint density at radius 1 is 1.43 bits per heavy atom. The van der Waals surface area contributed by atoms with E-state index in [1.54, 1.807) is 20.8 Å². The van der Waals surface area contributed by atoms with Gasteiger partial charge in [0.15, 0.2) is 5.78 Å². The van der Waals surface area contributed by atoms with Crippen molar-refractivity contribution in [2.45, 2.75) is 27.2 Å². The van der Waals surface area contributed by atoms with Gasteiger partial charge in [-0.05, 0) is 6.92 Å². The van der Waals surface area contributed by atoms with Gasteiger partial charge in [0, 0.05) is 11.8 Å². The quantitative estimate of drug-likeness (QED) is 0.548. The van der Waals surface area contributed by atoms with Gasteiger partial charge in [0.05, 0.1) is 0 Å². The molecular weight excluding hydrogens is 203 g/mol. The van der Waals surface area contributed by atoms with Gasteiger partial charge in [-0.1, -0.05) is 13.8 Å². The van der Waals surface area contributed by atoms with E-state index in [9.17, 15) is 9.36 Å². The van der Waals surface area contributed by atoms with Crippen LogP contribution in [0, 0.1) is 17.3 Å². The van der Waals surface area contributed by atoms with Crippen molar-refractivity contribution in [1.29, 1.82) is 0 Å². The Balaban J connectivity index is 4.49. The van der Waals surface area contributed by atoms with Crippen molar-refractivity contribution in [3.05, 3.63) is 0 Å². The van der Waals surface area contributed by atoms with E-state index in [0.717, 1.165) is 0 Å². The molecule has 0 spiro atoms. The summed E-state index contributed by atoms with van der Waals surface area (Å²) in [5.74, 6) is 4.93. The zero-order valence-corrected chi connectivity index (χ0v) is 9.47. The average Bonchev–Trinajstić information content (AvgIpc) is 1.97. The molecule has 0 fully saturated rings. The highest BCUT2D eigenvalue weighted by Gasteiger charge is 2.31. The minimum atomic E-state index is -4.25. The number of hydrogen-bond acceptors (Lipinski definition) is 2. The first-order valence-electron chi connectivity index (χ1n) is 4.16. The zero-order chi connectivity index (χ0) is 11.4. The Bertz CT molecular complexity index is 315. The maximum atomic E-state index is 11.4. The Morgan fingerprint density at radius 2 is 1.93 bits per heavy atom. The fraction of sp³-hybridized carbons (Fsp3) is 0.667. The van der Waals surface area contributed by atoms with E-state index in [4.69, 9.17) is 9.79 Å². The van der Waals surface area contributed by atoms with E-state index in [-0.39, 0.29) is 0 Å². The first-order valence-corrected chi connectivity index (χ1v) is 5.96. The minimum absolute atomic E-state index is 0.322. The van der Waals surface area contributed by atoms with Gasteiger partial charge in [-0.2, -0.15) is 0 Å². The summed E-state index contributed by atoms with van der Waals surface area (Å²) in [6.45, 7) is 4.92. The van der Waals surface area contributed by atoms with Crippen LogP contribution in [0.3, 0.4) is 0 Å². The van der Waals surface area contributed by atoms with Gasteiger partial charge in [0.2, 0.25) is 0 Å². The summed E-state index contributed by atoms with van der Waals surface area (Å²) in [4.78, 5) is 28.7. The Labute approximate surface area is 83.9 Å². The lowest BCUT2D eigenvalue weighted by Gasteiger charge is -2.20. The van der Waals surface area contributed by atoms with Crippen molar-refractivity contribution in [3.63, 3.8) is 0 Å². The Kier molecular flexibility index (Phi) is 4.54. The van der Waals surface area contributed by atoms with Gasteiger partial charge in [-0.15, -0.1) is 11.8 Å². The summed E-state index contributed by atoms with van der Waals surface area (Å²) in [7, 11) is -4.25. The number of carbonyl (C=O) groups excluding carboxylic acids is 1. The van der Waals surface area contributed by atoms with Crippen LogP contribution in [0.1, 0.15) is 27.2 Å². The van der Waals surface area contributed by atoms with Gasteiger partial charge in [0.1, 0.15) is 6.16 Å². The summed E-state index contributed by atoms with van der Waals surface area (Å²) < 4.78 is 10.6. The van der Waals surface area contributed by atoms with Crippen molar-refractivity contribution in [3.8, 4) is 11.8 Å². The average molecular weight is 218 g/mol. The van der Waals surface area contributed by atoms with Gasteiger partial charge in [-0.3, -0.25) is 9.36 Å². The van der Waals surface area contributed by atoms with Crippen LogP contribution < -0.4 is 0 Å². The molecule has 0 atom stereocenters. The molecule has 0 unspecified atom stereocenters. The van der Waals surface area contributed by atoms with Crippen LogP contribution in [0.4, 0.5) is 0 Å². The van der Waals surface area contributed by atoms with Crippen LogP contribution >= 0.6 is 7.60 Å². The molecule has 2 N–H and O–H groups in total. The topological polar surface area (TPSA) is 74.6 Å². The lowest BCUT2D eigenvalue weighted by Crippen LogP contribution is -2.26. The Morgan fingerprint density at radius 3 is 2.29 bits per heavy atom. The van der Waals surface area contributed by atoms with Crippen LogP contribution in [-0.4, -0.2) is 21.7 Å². The number of rotatable bonds is 4. The normalized spacial score (nSPS) is 11.8. The number of Topliss-reactive ketones (excluding diaryl/α,β-unsaturated/α-hetero) is 1. The summed E-state index contributed by atoms with van der Waals surface area (Å²) in [6.07, 6.45) is -0.381. The lowest BCUT2D eigenvalue weighted by atomic mass is 9.85. The molecule has 80 valence electrons. The molecule has 0 aromatic rings. The summed E-state index contributed by atoms with van der Waals surface area (Å²) in [5.41, 5.74) is -0.788. The fourth-order valence-electron chi connectivity index (χ4n) is 0.809. The van der Waals surface area contributed by atoms with Crippen LogP contribution in [0.25, 0.3) is 0 Å². The predicted molar refractivity (Wildman–Crippen MR) is 53.8 cm³/mol. The van der Waals surface area contributed by atoms with Crippen molar-refractivity contribution < 1.29 is 19.1 Å². The second kappa shape index (κ2) is 4.75. The van der Waals surface area contributed by atoms with Crippen LogP contribution in [-0.2, 0) is 9.36 Å². The molecular formula is C9H15O4P. The molecule has 0 radical (unpaired) electrons. The third-order valence-corrected chi connectivity index (χ3v) is 2.51. The predicted octanol–water partition coefficient (Wildman–Crippen LogP) is 1.17. The number of carbonyl (C=O) groups is 1. The molecule has 0 aromatic carbocycles. The third-order valence-electron chi connectivity index (χ3n) is 1.81. The van der Waals surface area contributed by atoms with Gasteiger partial charge < -0.3 is 9.79 Å². The summed E-state index contributed by atoms with van der Waals surface area (Å²) in [6, 6.07) is 0. The first-order chi connectivity index (χ1) is 6.19. The summed E-state index contributed by atoms with van der Waals surface area (Å²) in [5, 5.41) is 0. The molecule has 14 heavy (non-hydrogen) atoms. The van der Waals surface area contributed by atoms with Crippen molar-refractivity contribution in [2.75, 3.05) is 6.16 Å². The van der Waals surface area contributed by atoms with E-state index in [0.29, 0.717) is 6.42 Å². The molecule has 0 aliphatic heterocycles. The maximum Gasteiger partial charge on any atom is 0.332 e. The van der Waals surface area contributed by atoms with E-state index >= 15 is 0 Å². The molecule has 0 heterocycles. The fourth-order valence-corrected chi connectivity index (χ4v) is 1.61. The monoisotopic (exact) mass is 218 g/mol. The molecule has 4 nitrogen and oxygen atoms in total. The SMILES string of the molecule is CC#CCC(C)(C)C(=O)CP(=O)(O)O. The maximum absolute atomic E-state index is 11.4. The van der Waals surface area contributed by atoms with Crippen molar-refractivity contribution in [1.82, 2.24) is 0 Å². The van der Waals surface area contributed by atoms with Gasteiger partial charge in [-0.25, -0.2) is 0 Å². The second-order valence-corrected chi connectivity index (χ2v) is 5.38. The molecule has 0 saturated carbocycles. The second-order valence-electron chi connectivity index (χ2n) is 3.73. The highest BCUT2D eigenvalue weighted by molar-refractivity contribution is 7.52. The molecule has 0 aliphatic rings. The highest BCUT2D eigenvalue weighted by atomic mass is 31.2. The zero-order valence-electron chi connectivity index (χ0n) is 8.57. The van der Waals surface area contributed by atoms with Crippen LogP contribution in [0.2, 0.25) is 0 Å². The molecule has 0 amide bonds. The van der Waals surface area contributed by atoms with Crippen molar-refractivity contribution in [2.24, 2.45) is 5.41 Å². The van der Waals surface area contributed by atoms with Crippen LogP contribution in [0.15, 0.2) is 0 Å². The molecule has 0 bridgehead atoms. The molecule has 5 heteroatoms. The van der Waals surface area contributed by atoms with Crippen molar-refractivity contribution >= 4 is 13.4 Å². The Hall–Kier alpha value is -0.620. The van der Waals surface area contributed by atoms with E-state index < -0.39 is 25.0 Å². The molecule has 0 rings (SSSR count). The van der Waals surface area contributed by atoms with Gasteiger partial charge in [0.25, 0.3) is 0 Å². The number of ketones is 1. The molecule has 0 aromatic heterocycles. The summed E-state index contributed by atoms with van der Waals surface area (Å²) >= 11 is 0. The first kappa shape index (κ1) is 13.4. The standard InChI is InChI=1S/C9H15O4P/c1-4-5-6-9(2,3)8(10)7-14(11,12)13/h6-7H2,1-3H3,(H2,11,12,13). The van der Waals surface area contributed by atoms with E-state index in [1.807, 2.05) is 0 Å². The minimum Gasteiger partial charge on any atom is -0.324 e. The highest BCUT2D eigenvalue weighted by Crippen LogP contribution is 2.37. The van der Waals surface area contributed by atoms with Gasteiger partial charge >= 0.3 is 7.60 Å². The third kappa shape index (κ3) is 5.18. The lowest BCUT2D eigenvalue weighted by molar-refractivity contribution is -0.124. The largest absolute Gasteiger partial charge is 0.332 e. The van der Waals surface area contributed by atoms with E-state index in [2.05, 4.69) is 11.8 Å². The van der Waals surface area contributed by atoms with Crippen LogP contribution in [0.5, 0.6) is 0 Å². The molecule has 0 aliphatic carbocycles. The van der Waals surface area contributed by atoms with E-state index in [1.165, 1.54) is 0 Å². The number of hydrogen-bond donors (Lipinski definition) is 2. The molecule has 0 saturated heterocycles.